The molecule has 0 fully saturated rings. The molecule has 0 aliphatic heterocycles. The Bertz CT molecular complexity index is 134. The topological polar surface area (TPSA) is 69.8 Å². The first-order valence-electron chi connectivity index (χ1n) is 3.15. The monoisotopic (exact) mass is 161 g/mol. The maximum absolute atomic E-state index is 10.7. The number of likely N-dealkylation sites (N-methyl/N-ethyl adjacent to an activating group) is 1. The summed E-state index contributed by atoms with van der Waals surface area (Å²) in [6.07, 6.45) is 0. The zero-order valence-corrected chi connectivity index (χ0v) is 6.94. The quantitative estimate of drug-likeness (QED) is 0.343. The second-order valence-corrected chi connectivity index (χ2v) is 2.02. The molecule has 4 nitrogen and oxygen atoms in total. The molecule has 0 saturated heterocycles. The maximum atomic E-state index is 10.7. The zero-order chi connectivity index (χ0) is 7.98. The molecule has 0 aromatic carbocycles. The minimum atomic E-state index is -0.324. The van der Waals surface area contributed by atoms with Crippen LogP contribution in [0, 0.1) is 0 Å². The van der Waals surface area contributed by atoms with E-state index < -0.39 is 0 Å². The summed E-state index contributed by atoms with van der Waals surface area (Å²) < 4.78 is 4.74. The number of carbonyl (C=O) groups is 1. The average molecular weight is 161 g/mol. The van der Waals surface area contributed by atoms with Crippen LogP contribution in [0.2, 0.25) is 0 Å². The molecule has 0 unspecified atom stereocenters. The second kappa shape index (κ2) is 7.24. The zero-order valence-electron chi connectivity index (χ0n) is 6.94. The Morgan fingerprint density at radius 1 is 1.64 bits per heavy atom. The molecular formula is C7H15NO3. The number of carbonyl (C=O) groups excluding carboxylic acids is 1. The van der Waals surface area contributed by atoms with Crippen molar-refractivity contribution in [2.45, 2.75) is 6.92 Å². The van der Waals surface area contributed by atoms with Gasteiger partial charge in [0.15, 0.2) is 0 Å². The fourth-order valence-corrected chi connectivity index (χ4v) is 0.369. The van der Waals surface area contributed by atoms with Gasteiger partial charge in [0.25, 0.3) is 0 Å². The van der Waals surface area contributed by atoms with E-state index in [2.05, 4.69) is 11.9 Å². The van der Waals surface area contributed by atoms with E-state index in [0.29, 0.717) is 18.7 Å². The van der Waals surface area contributed by atoms with Gasteiger partial charge in [0.1, 0.15) is 6.61 Å². The molecule has 4 heteroatoms. The second-order valence-electron chi connectivity index (χ2n) is 2.02. The van der Waals surface area contributed by atoms with Crippen LogP contribution in [0.1, 0.15) is 6.92 Å². The lowest BCUT2D eigenvalue weighted by molar-refractivity contribution is -0.138. The third-order valence-corrected chi connectivity index (χ3v) is 0.934. The lowest BCUT2D eigenvalue weighted by atomic mass is 10.4. The molecule has 0 rings (SSSR count). The Balaban J connectivity index is 0. The summed E-state index contributed by atoms with van der Waals surface area (Å²) in [5.74, 6) is -0.324. The Kier molecular flexibility index (Phi) is 8.41. The number of ether oxygens (including phenoxy) is 1. The van der Waals surface area contributed by atoms with Crippen molar-refractivity contribution in [2.75, 3.05) is 20.2 Å². The highest BCUT2D eigenvalue weighted by Gasteiger charge is 2.00. The summed E-state index contributed by atoms with van der Waals surface area (Å²) in [7, 11) is 1.80. The Morgan fingerprint density at radius 2 is 2.18 bits per heavy atom. The molecule has 0 heterocycles. The van der Waals surface area contributed by atoms with Crippen LogP contribution in [0.3, 0.4) is 0 Å². The van der Waals surface area contributed by atoms with E-state index >= 15 is 0 Å². The third-order valence-electron chi connectivity index (χ3n) is 0.934. The van der Waals surface area contributed by atoms with Gasteiger partial charge in [0.2, 0.25) is 0 Å². The summed E-state index contributed by atoms with van der Waals surface area (Å²) in [5.41, 5.74) is 0.441. The first-order chi connectivity index (χ1) is 4.68. The summed E-state index contributed by atoms with van der Waals surface area (Å²) >= 11 is 0. The van der Waals surface area contributed by atoms with Crippen LogP contribution < -0.4 is 5.32 Å². The van der Waals surface area contributed by atoms with Gasteiger partial charge in [-0.15, -0.1) is 0 Å². The van der Waals surface area contributed by atoms with Crippen molar-refractivity contribution in [1.82, 2.24) is 5.32 Å². The predicted molar refractivity (Wildman–Crippen MR) is 43.3 cm³/mol. The van der Waals surface area contributed by atoms with Crippen molar-refractivity contribution in [1.29, 1.82) is 0 Å². The van der Waals surface area contributed by atoms with Gasteiger partial charge in [-0.05, 0) is 14.0 Å². The molecule has 0 saturated carbocycles. The highest BCUT2D eigenvalue weighted by molar-refractivity contribution is 5.86. The summed E-state index contributed by atoms with van der Waals surface area (Å²) in [6, 6.07) is 0. The van der Waals surface area contributed by atoms with Crippen LogP contribution in [0.5, 0.6) is 0 Å². The van der Waals surface area contributed by atoms with Gasteiger partial charge in [-0.1, -0.05) is 6.58 Å². The predicted octanol–water partition coefficient (Wildman–Crippen LogP) is -0.500. The normalized spacial score (nSPS) is 8.18. The molecule has 0 amide bonds. The molecule has 0 radical (unpaired) electrons. The molecule has 11 heavy (non-hydrogen) atoms. The first kappa shape index (κ1) is 12.8. The van der Waals surface area contributed by atoms with Gasteiger partial charge in [0.05, 0.1) is 0 Å². The van der Waals surface area contributed by atoms with Crippen molar-refractivity contribution < 1.29 is 15.0 Å². The summed E-state index contributed by atoms with van der Waals surface area (Å²) in [6.45, 7) is 6.15. The number of esters is 1. The van der Waals surface area contributed by atoms with Crippen LogP contribution in [0.25, 0.3) is 0 Å². The Hall–Kier alpha value is -0.870. The minimum Gasteiger partial charge on any atom is -0.461 e. The van der Waals surface area contributed by atoms with E-state index in [4.69, 9.17) is 4.74 Å². The summed E-state index contributed by atoms with van der Waals surface area (Å²) in [4.78, 5) is 10.7. The van der Waals surface area contributed by atoms with Crippen molar-refractivity contribution in [3.63, 3.8) is 0 Å². The van der Waals surface area contributed by atoms with Crippen LogP contribution in [-0.4, -0.2) is 31.6 Å². The number of nitrogens with one attached hydrogen (secondary N) is 1. The van der Waals surface area contributed by atoms with Gasteiger partial charge >= 0.3 is 5.97 Å². The van der Waals surface area contributed by atoms with E-state index in [9.17, 15) is 4.79 Å². The van der Waals surface area contributed by atoms with E-state index in [1.54, 1.807) is 14.0 Å². The van der Waals surface area contributed by atoms with E-state index in [-0.39, 0.29) is 11.4 Å². The average Bonchev–Trinajstić information content (AvgIpc) is 1.88. The highest BCUT2D eigenvalue weighted by atomic mass is 16.5. The van der Waals surface area contributed by atoms with Gasteiger partial charge in [-0.3, -0.25) is 0 Å². The molecule has 0 aliphatic carbocycles. The van der Waals surface area contributed by atoms with E-state index in [1.165, 1.54) is 0 Å². The molecular weight excluding hydrogens is 146 g/mol. The SMILES string of the molecule is C=C(C)C(=O)OCCNC.O. The van der Waals surface area contributed by atoms with Crippen molar-refractivity contribution in [2.24, 2.45) is 0 Å². The smallest absolute Gasteiger partial charge is 0.333 e. The van der Waals surface area contributed by atoms with Crippen molar-refractivity contribution in [3.05, 3.63) is 12.2 Å². The van der Waals surface area contributed by atoms with Gasteiger partial charge in [-0.2, -0.15) is 0 Å². The molecule has 0 spiro atoms. The number of hydrogen-bond acceptors (Lipinski definition) is 3. The third kappa shape index (κ3) is 7.02. The molecule has 0 bridgehead atoms. The lowest BCUT2D eigenvalue weighted by Gasteiger charge is -2.01. The van der Waals surface area contributed by atoms with Crippen LogP contribution >= 0.6 is 0 Å². The number of hydrogen-bond donors (Lipinski definition) is 1. The van der Waals surface area contributed by atoms with Crippen molar-refractivity contribution in [3.8, 4) is 0 Å². The van der Waals surface area contributed by atoms with E-state index in [1.807, 2.05) is 0 Å². The lowest BCUT2D eigenvalue weighted by Crippen LogP contribution is -2.17. The molecule has 0 atom stereocenters. The standard InChI is InChI=1S/C7H13NO2.H2O/c1-6(2)7(9)10-5-4-8-3;/h8H,1,4-5H2,2-3H3;1H2. The summed E-state index contributed by atoms with van der Waals surface area (Å²) in [5, 5.41) is 2.86. The van der Waals surface area contributed by atoms with Crippen LogP contribution in [0.4, 0.5) is 0 Å². The largest absolute Gasteiger partial charge is 0.461 e. The fraction of sp³-hybridized carbons (Fsp3) is 0.571. The molecule has 0 aromatic rings. The molecule has 0 aliphatic rings. The fourth-order valence-electron chi connectivity index (χ4n) is 0.369. The van der Waals surface area contributed by atoms with Crippen LogP contribution in [0.15, 0.2) is 12.2 Å². The van der Waals surface area contributed by atoms with Gasteiger partial charge in [-0.25, -0.2) is 4.79 Å². The molecule has 66 valence electrons. The minimum absolute atomic E-state index is 0. The highest BCUT2D eigenvalue weighted by Crippen LogP contribution is 1.89. The maximum Gasteiger partial charge on any atom is 0.333 e. The Morgan fingerprint density at radius 3 is 2.55 bits per heavy atom. The van der Waals surface area contributed by atoms with E-state index in [0.717, 1.165) is 0 Å². The number of rotatable bonds is 4. The van der Waals surface area contributed by atoms with Gasteiger partial charge < -0.3 is 15.5 Å². The van der Waals surface area contributed by atoms with Gasteiger partial charge in [0, 0.05) is 12.1 Å². The van der Waals surface area contributed by atoms with Crippen LogP contribution in [-0.2, 0) is 9.53 Å². The first-order valence-corrected chi connectivity index (χ1v) is 3.15. The Labute approximate surface area is 66.5 Å². The molecule has 3 N–H and O–H groups in total. The molecule has 0 aromatic heterocycles. The van der Waals surface area contributed by atoms with Crippen molar-refractivity contribution >= 4 is 5.97 Å².